The van der Waals surface area contributed by atoms with Crippen LogP contribution in [0.25, 0.3) is 11.1 Å². The minimum absolute atomic E-state index is 0.445. The number of rotatable bonds is 4. The highest BCUT2D eigenvalue weighted by Gasteiger charge is 2.06. The molecule has 1 atom stereocenters. The van der Waals surface area contributed by atoms with E-state index in [0.717, 1.165) is 16.7 Å². The zero-order valence-corrected chi connectivity index (χ0v) is 12.8. The van der Waals surface area contributed by atoms with Gasteiger partial charge < -0.3 is 11.5 Å². The van der Waals surface area contributed by atoms with Crippen LogP contribution in [0.4, 0.5) is 0 Å². The summed E-state index contributed by atoms with van der Waals surface area (Å²) in [5, 5.41) is 0. The molecule has 0 fully saturated rings. The van der Waals surface area contributed by atoms with Gasteiger partial charge in [-0.1, -0.05) is 84.9 Å². The SMILES string of the molecule is NC(=NC(N)c1ccccc1)c1ccc(-c2ccccc2)cc1. The molecule has 0 aromatic heterocycles. The predicted molar refractivity (Wildman–Crippen MR) is 96.0 cm³/mol. The fraction of sp³-hybridized carbons (Fsp3) is 0.0500. The van der Waals surface area contributed by atoms with Gasteiger partial charge >= 0.3 is 0 Å². The Balaban J connectivity index is 1.80. The highest BCUT2D eigenvalue weighted by molar-refractivity contribution is 5.98. The Kier molecular flexibility index (Phi) is 4.50. The zero-order valence-electron chi connectivity index (χ0n) is 12.8. The van der Waals surface area contributed by atoms with Crippen LogP contribution in [0.5, 0.6) is 0 Å². The third-order valence-electron chi connectivity index (χ3n) is 3.71. The average Bonchev–Trinajstić information content (AvgIpc) is 2.63. The van der Waals surface area contributed by atoms with Gasteiger partial charge in [0.05, 0.1) is 0 Å². The second-order valence-corrected chi connectivity index (χ2v) is 5.31. The molecule has 0 radical (unpaired) electrons. The van der Waals surface area contributed by atoms with Crippen LogP contribution in [-0.4, -0.2) is 5.84 Å². The van der Waals surface area contributed by atoms with Crippen molar-refractivity contribution in [1.29, 1.82) is 0 Å². The maximum atomic E-state index is 6.09. The summed E-state index contributed by atoms with van der Waals surface area (Å²) >= 11 is 0. The molecule has 23 heavy (non-hydrogen) atoms. The maximum Gasteiger partial charge on any atom is 0.127 e. The van der Waals surface area contributed by atoms with E-state index in [1.165, 1.54) is 5.56 Å². The fourth-order valence-corrected chi connectivity index (χ4v) is 2.41. The lowest BCUT2D eigenvalue weighted by Crippen LogP contribution is -2.18. The van der Waals surface area contributed by atoms with E-state index in [1.54, 1.807) is 0 Å². The van der Waals surface area contributed by atoms with Gasteiger partial charge in [-0.05, 0) is 16.7 Å². The monoisotopic (exact) mass is 301 g/mol. The van der Waals surface area contributed by atoms with Crippen molar-refractivity contribution in [3.05, 3.63) is 96.1 Å². The van der Waals surface area contributed by atoms with Crippen molar-refractivity contribution >= 4 is 5.84 Å². The lowest BCUT2D eigenvalue weighted by Gasteiger charge is -2.09. The molecule has 3 rings (SSSR count). The van der Waals surface area contributed by atoms with Gasteiger partial charge in [-0.25, -0.2) is 4.99 Å². The van der Waals surface area contributed by atoms with Gasteiger partial charge in [-0.15, -0.1) is 0 Å². The predicted octanol–water partition coefficient (Wildman–Crippen LogP) is 3.72. The highest BCUT2D eigenvalue weighted by Crippen LogP contribution is 2.19. The minimum Gasteiger partial charge on any atom is -0.383 e. The first-order valence-corrected chi connectivity index (χ1v) is 7.54. The van der Waals surface area contributed by atoms with Crippen molar-refractivity contribution in [3.63, 3.8) is 0 Å². The number of amidine groups is 1. The number of hydrogen-bond acceptors (Lipinski definition) is 2. The van der Waals surface area contributed by atoms with Crippen LogP contribution in [0.15, 0.2) is 89.9 Å². The van der Waals surface area contributed by atoms with Crippen LogP contribution in [-0.2, 0) is 0 Å². The number of nitrogens with two attached hydrogens (primary N) is 2. The summed E-state index contributed by atoms with van der Waals surface area (Å²) in [6.07, 6.45) is -0.454. The molecule has 0 spiro atoms. The molecule has 1 unspecified atom stereocenters. The van der Waals surface area contributed by atoms with Crippen molar-refractivity contribution in [2.45, 2.75) is 6.17 Å². The topological polar surface area (TPSA) is 64.4 Å². The van der Waals surface area contributed by atoms with Gasteiger partial charge in [0.25, 0.3) is 0 Å². The van der Waals surface area contributed by atoms with Crippen LogP contribution in [0.1, 0.15) is 17.3 Å². The Morgan fingerprint density at radius 3 is 1.83 bits per heavy atom. The normalized spacial score (nSPS) is 12.8. The molecule has 0 aliphatic carbocycles. The van der Waals surface area contributed by atoms with Crippen molar-refractivity contribution in [2.24, 2.45) is 16.5 Å². The third kappa shape index (κ3) is 3.65. The van der Waals surface area contributed by atoms with Gasteiger partial charge in [0.1, 0.15) is 12.0 Å². The number of nitrogens with zero attached hydrogens (tertiary/aromatic N) is 1. The first-order chi connectivity index (χ1) is 11.2. The van der Waals surface area contributed by atoms with Gasteiger partial charge in [0.2, 0.25) is 0 Å². The fourth-order valence-electron chi connectivity index (χ4n) is 2.41. The Morgan fingerprint density at radius 1 is 0.696 bits per heavy atom. The number of aliphatic imine (C=N–C) groups is 1. The standard InChI is InChI=1S/C20H19N3/c21-19(17-9-5-2-6-10-17)23-20(22)18-13-11-16(12-14-18)15-7-3-1-4-8-15/h1-14,19H,21H2,(H2,22,23). The summed E-state index contributed by atoms with van der Waals surface area (Å²) < 4.78 is 0. The van der Waals surface area contributed by atoms with E-state index < -0.39 is 6.17 Å². The van der Waals surface area contributed by atoms with Crippen molar-refractivity contribution in [1.82, 2.24) is 0 Å². The molecule has 114 valence electrons. The van der Waals surface area contributed by atoms with Gasteiger partial charge in [-0.2, -0.15) is 0 Å². The van der Waals surface area contributed by atoms with Crippen molar-refractivity contribution in [2.75, 3.05) is 0 Å². The molecule has 0 bridgehead atoms. The van der Waals surface area contributed by atoms with Gasteiger partial charge in [-0.3, -0.25) is 0 Å². The minimum atomic E-state index is -0.454. The lowest BCUT2D eigenvalue weighted by molar-refractivity contribution is 0.775. The second-order valence-electron chi connectivity index (χ2n) is 5.31. The first-order valence-electron chi connectivity index (χ1n) is 7.54. The molecule has 0 heterocycles. The van der Waals surface area contributed by atoms with Crippen molar-refractivity contribution < 1.29 is 0 Å². The quantitative estimate of drug-likeness (QED) is 0.570. The van der Waals surface area contributed by atoms with Crippen LogP contribution in [0, 0.1) is 0 Å². The summed E-state index contributed by atoms with van der Waals surface area (Å²) in [5.41, 5.74) is 16.3. The van der Waals surface area contributed by atoms with Crippen LogP contribution >= 0.6 is 0 Å². The van der Waals surface area contributed by atoms with Crippen LogP contribution in [0.3, 0.4) is 0 Å². The molecule has 0 saturated carbocycles. The Morgan fingerprint density at radius 2 is 1.22 bits per heavy atom. The van der Waals surface area contributed by atoms with Gasteiger partial charge in [0.15, 0.2) is 0 Å². The summed E-state index contributed by atoms with van der Waals surface area (Å²) in [6, 6.07) is 28.0. The van der Waals surface area contributed by atoms with E-state index in [0.29, 0.717) is 5.84 Å². The first kappa shape index (κ1) is 15.0. The van der Waals surface area contributed by atoms with Gasteiger partial charge in [0, 0.05) is 5.56 Å². The Bertz CT molecular complexity index is 778. The summed E-state index contributed by atoms with van der Waals surface area (Å²) in [5.74, 6) is 0.445. The second kappa shape index (κ2) is 6.90. The molecule has 3 aromatic rings. The molecule has 3 heteroatoms. The number of hydrogen-bond donors (Lipinski definition) is 2. The van der Waals surface area contributed by atoms with Crippen molar-refractivity contribution in [3.8, 4) is 11.1 Å². The molecular weight excluding hydrogens is 282 g/mol. The molecule has 3 aromatic carbocycles. The van der Waals surface area contributed by atoms with E-state index in [2.05, 4.69) is 17.1 Å². The molecule has 0 aliphatic rings. The highest BCUT2D eigenvalue weighted by atomic mass is 15.0. The molecule has 3 nitrogen and oxygen atoms in total. The maximum absolute atomic E-state index is 6.09. The third-order valence-corrected chi connectivity index (χ3v) is 3.71. The van der Waals surface area contributed by atoms with E-state index in [-0.39, 0.29) is 0 Å². The molecule has 0 saturated heterocycles. The zero-order chi connectivity index (χ0) is 16.1. The van der Waals surface area contributed by atoms with Crippen LogP contribution < -0.4 is 11.5 Å². The molecule has 0 aliphatic heterocycles. The average molecular weight is 301 g/mol. The van der Waals surface area contributed by atoms with E-state index in [9.17, 15) is 0 Å². The summed E-state index contributed by atoms with van der Waals surface area (Å²) in [6.45, 7) is 0. The van der Waals surface area contributed by atoms with E-state index >= 15 is 0 Å². The largest absolute Gasteiger partial charge is 0.383 e. The lowest BCUT2D eigenvalue weighted by atomic mass is 10.0. The number of benzene rings is 3. The Labute approximate surface area is 136 Å². The summed E-state index contributed by atoms with van der Waals surface area (Å²) in [4.78, 5) is 4.39. The molecule has 0 amide bonds. The smallest absolute Gasteiger partial charge is 0.127 e. The van der Waals surface area contributed by atoms with Crippen LogP contribution in [0.2, 0.25) is 0 Å². The van der Waals surface area contributed by atoms with E-state index in [1.807, 2.05) is 72.8 Å². The molecule has 4 N–H and O–H groups in total. The summed E-state index contributed by atoms with van der Waals surface area (Å²) in [7, 11) is 0. The molecular formula is C20H19N3. The van der Waals surface area contributed by atoms with E-state index in [4.69, 9.17) is 11.5 Å². The Hall–Kier alpha value is -2.91.